The van der Waals surface area contributed by atoms with E-state index in [4.69, 9.17) is 0 Å². The van der Waals surface area contributed by atoms with Crippen LogP contribution in [0.1, 0.15) is 39.2 Å². The van der Waals surface area contributed by atoms with Crippen molar-refractivity contribution in [2.45, 2.75) is 39.0 Å². The van der Waals surface area contributed by atoms with E-state index < -0.39 is 0 Å². The van der Waals surface area contributed by atoms with E-state index in [1.807, 2.05) is 41.1 Å². The molecule has 1 fully saturated rings. The van der Waals surface area contributed by atoms with Crippen molar-refractivity contribution in [3.8, 4) is 16.9 Å². The fraction of sp³-hybridized carbons (Fsp3) is 0.320. The zero-order chi connectivity index (χ0) is 22.0. The molecule has 2 aromatic carbocycles. The molecule has 1 aromatic heterocycles. The van der Waals surface area contributed by atoms with Crippen LogP contribution >= 0.6 is 0 Å². The third-order valence-electron chi connectivity index (χ3n) is 6.13. The van der Waals surface area contributed by atoms with Gasteiger partial charge in [-0.15, -0.1) is 5.10 Å². The van der Waals surface area contributed by atoms with Crippen LogP contribution in [0.25, 0.3) is 16.9 Å². The molecule has 0 aliphatic carbocycles. The van der Waals surface area contributed by atoms with Gasteiger partial charge in [0, 0.05) is 24.6 Å². The van der Waals surface area contributed by atoms with Crippen LogP contribution in [0.4, 0.5) is 5.82 Å². The molecule has 2 heterocycles. The first-order chi connectivity index (χ1) is 14.9. The van der Waals surface area contributed by atoms with Gasteiger partial charge in [0.2, 0.25) is 11.8 Å². The number of hydrogen-bond donors (Lipinski definition) is 2. The summed E-state index contributed by atoms with van der Waals surface area (Å²) in [6, 6.07) is 20.3. The number of carbonyl (C=O) groups is 2. The van der Waals surface area contributed by atoms with Gasteiger partial charge < -0.3 is 10.6 Å². The number of para-hydroxylation sites is 1. The molecular weight excluding hydrogens is 388 g/mol. The number of anilines is 1. The molecule has 0 bridgehead atoms. The summed E-state index contributed by atoms with van der Waals surface area (Å²) < 4.78 is 1.85. The van der Waals surface area contributed by atoms with Crippen LogP contribution < -0.4 is 10.6 Å². The van der Waals surface area contributed by atoms with E-state index in [1.54, 1.807) is 0 Å². The van der Waals surface area contributed by atoms with E-state index in [-0.39, 0.29) is 29.6 Å². The number of carbonyl (C=O) groups excluding carboxylic acids is 2. The third kappa shape index (κ3) is 4.38. The Bertz CT molecular complexity index is 1100. The van der Waals surface area contributed by atoms with Crippen molar-refractivity contribution in [2.75, 3.05) is 11.9 Å². The van der Waals surface area contributed by atoms with Gasteiger partial charge in [-0.25, -0.2) is 4.68 Å². The summed E-state index contributed by atoms with van der Waals surface area (Å²) in [6.07, 6.45) is 1.25. The van der Waals surface area contributed by atoms with E-state index in [9.17, 15) is 9.59 Å². The number of amides is 2. The molecule has 2 N–H and O–H groups in total. The Balaban J connectivity index is 1.72. The van der Waals surface area contributed by atoms with Crippen molar-refractivity contribution in [2.24, 2.45) is 5.92 Å². The van der Waals surface area contributed by atoms with Crippen molar-refractivity contribution >= 4 is 17.6 Å². The normalized spacial score (nSPS) is 16.2. The van der Waals surface area contributed by atoms with Gasteiger partial charge in [0.15, 0.2) is 5.82 Å². The third-order valence-corrected chi connectivity index (χ3v) is 6.13. The summed E-state index contributed by atoms with van der Waals surface area (Å²) in [4.78, 5) is 24.1. The number of aromatic nitrogens is 2. The number of hydrogen-bond acceptors (Lipinski definition) is 3. The van der Waals surface area contributed by atoms with Gasteiger partial charge in [-0.3, -0.25) is 9.59 Å². The Morgan fingerprint density at radius 3 is 2.61 bits per heavy atom. The molecule has 31 heavy (non-hydrogen) atoms. The van der Waals surface area contributed by atoms with Crippen molar-refractivity contribution < 1.29 is 9.59 Å². The lowest BCUT2D eigenvalue weighted by Crippen LogP contribution is -2.24. The second-order valence-corrected chi connectivity index (χ2v) is 8.67. The largest absolute Gasteiger partial charge is 0.355 e. The fourth-order valence-electron chi connectivity index (χ4n) is 3.74. The molecule has 6 nitrogen and oxygen atoms in total. The molecule has 0 spiro atoms. The van der Waals surface area contributed by atoms with Gasteiger partial charge >= 0.3 is 0 Å². The highest BCUT2D eigenvalue weighted by atomic mass is 16.2. The minimum Gasteiger partial charge on any atom is -0.355 e. The quantitative estimate of drug-likeness (QED) is 0.629. The van der Waals surface area contributed by atoms with Crippen LogP contribution in [0.5, 0.6) is 0 Å². The molecule has 6 heteroatoms. The summed E-state index contributed by atoms with van der Waals surface area (Å²) in [5.41, 5.74) is 4.17. The van der Waals surface area contributed by atoms with E-state index in [0.717, 1.165) is 23.4 Å². The Morgan fingerprint density at radius 1 is 1.16 bits per heavy atom. The molecule has 1 aliphatic rings. The maximum absolute atomic E-state index is 12.6. The van der Waals surface area contributed by atoms with Crippen LogP contribution in [0.15, 0.2) is 60.7 Å². The maximum atomic E-state index is 12.6. The van der Waals surface area contributed by atoms with E-state index >= 15 is 0 Å². The highest BCUT2D eigenvalue weighted by molar-refractivity contribution is 5.97. The molecule has 3 aromatic rings. The Hall–Kier alpha value is -3.41. The first-order valence-corrected chi connectivity index (χ1v) is 10.7. The lowest BCUT2D eigenvalue weighted by atomic mass is 9.81. The average Bonchev–Trinajstić information content (AvgIpc) is 3.41. The van der Waals surface area contributed by atoms with Gasteiger partial charge in [-0.2, -0.15) is 0 Å². The number of benzene rings is 2. The topological polar surface area (TPSA) is 76.0 Å². The maximum Gasteiger partial charge on any atom is 0.230 e. The zero-order valence-corrected chi connectivity index (χ0v) is 18.2. The lowest BCUT2D eigenvalue weighted by molar-refractivity contribution is -0.123. The number of nitrogens with one attached hydrogen (secondary N) is 2. The van der Waals surface area contributed by atoms with Crippen LogP contribution in [-0.2, 0) is 15.0 Å². The standard InChI is InChI=1S/C25H28N4O2/c1-4-25(2,3)19-10-8-9-17(13-19)21-15-22(27-24(31)18-14-23(30)26-16-18)28-29(21)20-11-6-5-7-12-20/h5-13,15,18H,4,14,16H2,1-3H3,(H,26,30)(H,27,28,31)/t18-/m0/s1. The molecule has 160 valence electrons. The predicted octanol–water partition coefficient (Wildman–Crippen LogP) is 4.30. The summed E-state index contributed by atoms with van der Waals surface area (Å²) in [5, 5.41) is 10.3. The molecule has 1 saturated heterocycles. The van der Waals surface area contributed by atoms with Gasteiger partial charge in [-0.05, 0) is 35.6 Å². The summed E-state index contributed by atoms with van der Waals surface area (Å²) >= 11 is 0. The second kappa shape index (κ2) is 8.38. The van der Waals surface area contributed by atoms with Crippen molar-refractivity contribution in [3.05, 3.63) is 66.2 Å². The number of nitrogens with zero attached hydrogens (tertiary/aromatic N) is 2. The van der Waals surface area contributed by atoms with E-state index in [1.165, 1.54) is 5.56 Å². The highest BCUT2D eigenvalue weighted by Crippen LogP contribution is 2.32. The second-order valence-electron chi connectivity index (χ2n) is 8.67. The van der Waals surface area contributed by atoms with E-state index in [2.05, 4.69) is 60.8 Å². The smallest absolute Gasteiger partial charge is 0.230 e. The predicted molar refractivity (Wildman–Crippen MR) is 122 cm³/mol. The minimum atomic E-state index is -0.369. The molecule has 0 unspecified atom stereocenters. The number of rotatable bonds is 6. The zero-order valence-electron chi connectivity index (χ0n) is 18.2. The van der Waals surface area contributed by atoms with E-state index in [0.29, 0.717) is 12.4 Å². The average molecular weight is 417 g/mol. The van der Waals surface area contributed by atoms with Crippen molar-refractivity contribution in [3.63, 3.8) is 0 Å². The van der Waals surface area contributed by atoms with Crippen LogP contribution in [0, 0.1) is 5.92 Å². The SMILES string of the molecule is CCC(C)(C)c1cccc(-c2cc(NC(=O)[C@@H]3CNC(=O)C3)nn2-c2ccccc2)c1. The van der Waals surface area contributed by atoms with Gasteiger partial charge in [0.25, 0.3) is 0 Å². The monoisotopic (exact) mass is 416 g/mol. The molecular formula is C25H28N4O2. The Labute approximate surface area is 182 Å². The van der Waals surface area contributed by atoms with Gasteiger partial charge in [-0.1, -0.05) is 57.2 Å². The van der Waals surface area contributed by atoms with Crippen LogP contribution in [-0.4, -0.2) is 28.1 Å². The molecule has 2 amide bonds. The molecule has 1 atom stereocenters. The highest BCUT2D eigenvalue weighted by Gasteiger charge is 2.28. The molecule has 0 radical (unpaired) electrons. The van der Waals surface area contributed by atoms with Crippen molar-refractivity contribution in [1.82, 2.24) is 15.1 Å². The molecule has 0 saturated carbocycles. The summed E-state index contributed by atoms with van der Waals surface area (Å²) in [5.74, 6) is -0.177. The van der Waals surface area contributed by atoms with Gasteiger partial charge in [0.05, 0.1) is 17.3 Å². The Kier molecular flexibility index (Phi) is 5.63. The fourth-order valence-corrected chi connectivity index (χ4v) is 3.74. The molecule has 1 aliphatic heterocycles. The van der Waals surface area contributed by atoms with Crippen LogP contribution in [0.3, 0.4) is 0 Å². The van der Waals surface area contributed by atoms with Crippen LogP contribution in [0.2, 0.25) is 0 Å². The summed E-state index contributed by atoms with van der Waals surface area (Å²) in [7, 11) is 0. The molecule has 4 rings (SSSR count). The minimum absolute atomic E-state index is 0.0622. The lowest BCUT2D eigenvalue weighted by Gasteiger charge is -2.24. The summed E-state index contributed by atoms with van der Waals surface area (Å²) in [6.45, 7) is 7.04. The first-order valence-electron chi connectivity index (χ1n) is 10.7. The van der Waals surface area contributed by atoms with Crippen molar-refractivity contribution in [1.29, 1.82) is 0 Å². The first kappa shape index (κ1) is 20.8. The van der Waals surface area contributed by atoms with Gasteiger partial charge in [0.1, 0.15) is 0 Å². The Morgan fingerprint density at radius 2 is 1.94 bits per heavy atom.